The number of fused-ring (bicyclic) bond motifs is 4. The molecule has 9 nitrogen and oxygen atoms in total. The zero-order valence-electron chi connectivity index (χ0n) is 18.3. The lowest BCUT2D eigenvalue weighted by molar-refractivity contribution is -0.143. The van der Waals surface area contributed by atoms with E-state index >= 15 is 0 Å². The molecule has 5 rings (SSSR count). The molecular weight excluding hydrogens is 460 g/mol. The van der Waals surface area contributed by atoms with Crippen molar-refractivity contribution in [2.75, 3.05) is 12.4 Å². The molecule has 4 N–H and O–H groups in total. The number of halogens is 1. The van der Waals surface area contributed by atoms with Crippen LogP contribution in [0, 0.1) is 11.8 Å². The first-order valence-corrected chi connectivity index (χ1v) is 11.3. The van der Waals surface area contributed by atoms with Crippen molar-refractivity contribution in [3.63, 3.8) is 0 Å². The van der Waals surface area contributed by atoms with Gasteiger partial charge >= 0.3 is 0 Å². The highest BCUT2D eigenvalue weighted by Crippen LogP contribution is 2.54. The summed E-state index contributed by atoms with van der Waals surface area (Å²) in [4.78, 5) is 53.4. The molecule has 3 heterocycles. The van der Waals surface area contributed by atoms with E-state index in [0.29, 0.717) is 22.0 Å². The number of primary amides is 1. The van der Waals surface area contributed by atoms with Crippen LogP contribution in [0.25, 0.3) is 0 Å². The molecule has 34 heavy (non-hydrogen) atoms. The number of imide groups is 1. The topological polar surface area (TPSA) is 131 Å². The Labute approximate surface area is 200 Å². The number of nitrogens with zero attached hydrogens (tertiary/aromatic N) is 1. The van der Waals surface area contributed by atoms with Gasteiger partial charge in [-0.3, -0.25) is 29.4 Å². The summed E-state index contributed by atoms with van der Waals surface area (Å²) in [6.07, 6.45) is 0.234. The molecule has 0 radical (unpaired) electrons. The molecular formula is C24H23ClN4O5. The van der Waals surface area contributed by atoms with Crippen molar-refractivity contribution in [1.82, 2.24) is 10.2 Å². The molecule has 3 aliphatic heterocycles. The maximum atomic E-state index is 13.7. The van der Waals surface area contributed by atoms with E-state index < -0.39 is 41.1 Å². The number of rotatable bonds is 6. The Morgan fingerprint density at radius 1 is 1.15 bits per heavy atom. The molecule has 2 fully saturated rings. The van der Waals surface area contributed by atoms with E-state index in [0.717, 1.165) is 5.56 Å². The molecule has 0 saturated carbocycles. The number of methoxy groups -OCH3 is 1. The third-order valence-electron chi connectivity index (χ3n) is 6.99. The van der Waals surface area contributed by atoms with Crippen molar-refractivity contribution in [3.8, 4) is 5.75 Å². The smallest absolute Gasteiger partial charge is 0.250 e. The Balaban J connectivity index is 1.56. The van der Waals surface area contributed by atoms with Gasteiger partial charge in [-0.05, 0) is 30.2 Å². The molecule has 0 bridgehead atoms. The van der Waals surface area contributed by atoms with Gasteiger partial charge in [-0.1, -0.05) is 35.9 Å². The maximum absolute atomic E-state index is 13.7. The molecule has 4 amide bonds. The fraction of sp³-hybridized carbons (Fsp3) is 0.333. The quantitative estimate of drug-likeness (QED) is 0.535. The van der Waals surface area contributed by atoms with Gasteiger partial charge < -0.3 is 15.8 Å². The first-order chi connectivity index (χ1) is 16.3. The zero-order chi connectivity index (χ0) is 24.2. The predicted octanol–water partition coefficient (Wildman–Crippen LogP) is 1.53. The number of hydrogen-bond acceptors (Lipinski definition) is 6. The van der Waals surface area contributed by atoms with Gasteiger partial charge in [0.25, 0.3) is 0 Å². The second-order valence-corrected chi connectivity index (χ2v) is 9.20. The molecule has 4 atom stereocenters. The van der Waals surface area contributed by atoms with Gasteiger partial charge in [-0.25, -0.2) is 0 Å². The molecule has 2 aromatic carbocycles. The van der Waals surface area contributed by atoms with Crippen LogP contribution in [0.2, 0.25) is 5.02 Å². The normalized spacial score (nSPS) is 27.2. The van der Waals surface area contributed by atoms with E-state index in [1.54, 1.807) is 49.6 Å². The van der Waals surface area contributed by atoms with Crippen molar-refractivity contribution in [2.45, 2.75) is 31.0 Å². The van der Waals surface area contributed by atoms with Crippen LogP contribution in [0.1, 0.15) is 24.0 Å². The molecule has 0 unspecified atom stereocenters. The van der Waals surface area contributed by atoms with Crippen LogP contribution >= 0.6 is 11.6 Å². The van der Waals surface area contributed by atoms with Crippen molar-refractivity contribution in [1.29, 1.82) is 0 Å². The van der Waals surface area contributed by atoms with Crippen LogP contribution in [0.15, 0.2) is 42.5 Å². The minimum absolute atomic E-state index is 0.0148. The number of likely N-dealkylation sites (tertiary alicyclic amines) is 1. The number of anilines is 1. The van der Waals surface area contributed by atoms with E-state index in [4.69, 9.17) is 22.1 Å². The van der Waals surface area contributed by atoms with Crippen molar-refractivity contribution < 1.29 is 23.9 Å². The fourth-order valence-electron chi connectivity index (χ4n) is 5.47. The largest absolute Gasteiger partial charge is 0.497 e. The SMILES string of the molecule is COc1ccc(CN2C(=O)[C@H]3[C@H](CCC(N)=O)N[C@@]4(C(=O)Nc5c(Cl)cccc54)[C@H]3C2=O)cc1. The van der Waals surface area contributed by atoms with E-state index in [1.165, 1.54) is 4.90 Å². The summed E-state index contributed by atoms with van der Waals surface area (Å²) in [7, 11) is 1.55. The lowest BCUT2D eigenvalue weighted by Crippen LogP contribution is -2.53. The van der Waals surface area contributed by atoms with Crippen molar-refractivity contribution in [3.05, 3.63) is 58.6 Å². The first-order valence-electron chi connectivity index (χ1n) is 10.9. The van der Waals surface area contributed by atoms with Crippen LogP contribution in [-0.4, -0.2) is 41.7 Å². The van der Waals surface area contributed by atoms with Gasteiger partial charge in [-0.15, -0.1) is 0 Å². The van der Waals surface area contributed by atoms with E-state index in [-0.39, 0.29) is 25.3 Å². The predicted molar refractivity (Wildman–Crippen MR) is 123 cm³/mol. The van der Waals surface area contributed by atoms with E-state index in [2.05, 4.69) is 10.6 Å². The number of nitrogens with two attached hydrogens (primary N) is 1. The molecule has 0 aromatic heterocycles. The number of para-hydroxylation sites is 1. The van der Waals surface area contributed by atoms with Gasteiger partial charge in [0.2, 0.25) is 23.6 Å². The summed E-state index contributed by atoms with van der Waals surface area (Å²) in [6, 6.07) is 11.5. The molecule has 3 aliphatic rings. The molecule has 10 heteroatoms. The van der Waals surface area contributed by atoms with Crippen molar-refractivity contribution in [2.24, 2.45) is 17.6 Å². The Bertz CT molecular complexity index is 1220. The lowest BCUT2D eigenvalue weighted by Gasteiger charge is -2.29. The van der Waals surface area contributed by atoms with E-state index in [9.17, 15) is 19.2 Å². The molecule has 176 valence electrons. The maximum Gasteiger partial charge on any atom is 0.250 e. The van der Waals surface area contributed by atoms with Gasteiger partial charge in [0, 0.05) is 18.0 Å². The number of carbonyl (C=O) groups excluding carboxylic acids is 4. The zero-order valence-corrected chi connectivity index (χ0v) is 19.1. The standard InChI is InChI=1S/C24H23ClN4O5/c1-34-13-7-5-12(6-8-13)11-29-21(31)18-16(9-10-17(26)30)28-24(19(18)22(29)32)14-3-2-4-15(25)20(14)27-23(24)33/h2-8,16,18-19,28H,9-11H2,1H3,(H2,26,30)(H,27,33)/t16-,18-,19+,24+/m0/s1. The van der Waals surface area contributed by atoms with Crippen LogP contribution in [-0.2, 0) is 31.3 Å². The summed E-state index contributed by atoms with van der Waals surface area (Å²) in [5.41, 5.74) is 5.58. The third-order valence-corrected chi connectivity index (χ3v) is 7.31. The summed E-state index contributed by atoms with van der Waals surface area (Å²) < 4.78 is 5.17. The summed E-state index contributed by atoms with van der Waals surface area (Å²) in [6.45, 7) is 0.0668. The summed E-state index contributed by atoms with van der Waals surface area (Å²) in [5, 5.41) is 6.38. The molecule has 2 saturated heterocycles. The van der Waals surface area contributed by atoms with Gasteiger partial charge in [-0.2, -0.15) is 0 Å². The summed E-state index contributed by atoms with van der Waals surface area (Å²) >= 11 is 6.33. The highest BCUT2D eigenvalue weighted by Gasteiger charge is 2.70. The Kier molecular flexibility index (Phi) is 5.33. The highest BCUT2D eigenvalue weighted by molar-refractivity contribution is 6.35. The van der Waals surface area contributed by atoms with E-state index in [1.807, 2.05) is 0 Å². The number of carbonyl (C=O) groups is 4. The van der Waals surface area contributed by atoms with Crippen molar-refractivity contribution >= 4 is 40.9 Å². The highest BCUT2D eigenvalue weighted by atomic mass is 35.5. The molecule has 0 aliphatic carbocycles. The fourth-order valence-corrected chi connectivity index (χ4v) is 5.69. The number of hydrogen-bond donors (Lipinski definition) is 3. The second kappa shape index (κ2) is 8.11. The average molecular weight is 483 g/mol. The number of nitrogens with one attached hydrogen (secondary N) is 2. The van der Waals surface area contributed by atoms with Crippen LogP contribution in [0.5, 0.6) is 5.75 Å². The Morgan fingerprint density at radius 3 is 2.56 bits per heavy atom. The van der Waals surface area contributed by atoms with Gasteiger partial charge in [0.15, 0.2) is 0 Å². The first kappa shape index (κ1) is 22.4. The number of benzene rings is 2. The van der Waals surface area contributed by atoms with Gasteiger partial charge in [0.05, 0.1) is 36.2 Å². The Morgan fingerprint density at radius 2 is 1.88 bits per heavy atom. The monoisotopic (exact) mass is 482 g/mol. The molecule has 2 aromatic rings. The second-order valence-electron chi connectivity index (χ2n) is 8.79. The van der Waals surface area contributed by atoms with Crippen LogP contribution in [0.3, 0.4) is 0 Å². The lowest BCUT2D eigenvalue weighted by atomic mass is 9.76. The summed E-state index contributed by atoms with van der Waals surface area (Å²) in [5.74, 6) is -2.93. The average Bonchev–Trinajstić information content (AvgIpc) is 3.40. The minimum Gasteiger partial charge on any atom is -0.497 e. The minimum atomic E-state index is -1.46. The third kappa shape index (κ3) is 3.19. The van der Waals surface area contributed by atoms with Crippen LogP contribution < -0.4 is 21.1 Å². The van der Waals surface area contributed by atoms with Crippen LogP contribution in [0.4, 0.5) is 5.69 Å². The Hall–Kier alpha value is -3.43. The molecule has 1 spiro atoms. The van der Waals surface area contributed by atoms with Gasteiger partial charge in [0.1, 0.15) is 11.3 Å². The number of ether oxygens (including phenoxy) is 1. The number of amides is 4.